The van der Waals surface area contributed by atoms with Crippen LogP contribution in [0.15, 0.2) is 28.1 Å². The number of thiophene rings is 1. The van der Waals surface area contributed by atoms with Gasteiger partial charge >= 0.3 is 6.03 Å². The van der Waals surface area contributed by atoms with E-state index in [-0.39, 0.29) is 11.4 Å². The lowest BCUT2D eigenvalue weighted by Crippen LogP contribution is -2.35. The average Bonchev–Trinajstić information content (AvgIpc) is 2.79. The fourth-order valence-corrected chi connectivity index (χ4v) is 4.24. The molecule has 0 spiro atoms. The van der Waals surface area contributed by atoms with E-state index in [0.717, 1.165) is 25.5 Å². The number of aryl methyl sites for hydroxylation is 1. The molecule has 2 aromatic rings. The molecule has 0 bridgehead atoms. The number of hydrogen-bond acceptors (Lipinski definition) is 2. The maximum absolute atomic E-state index is 11.6. The summed E-state index contributed by atoms with van der Waals surface area (Å²) in [6, 6.07) is 8.02. The van der Waals surface area contributed by atoms with Crippen LogP contribution in [0.4, 0.5) is 10.5 Å². The van der Waals surface area contributed by atoms with Crippen LogP contribution in [0.3, 0.4) is 0 Å². The van der Waals surface area contributed by atoms with Crippen LogP contribution in [-0.2, 0) is 6.54 Å². The van der Waals surface area contributed by atoms with Gasteiger partial charge in [-0.2, -0.15) is 0 Å². The van der Waals surface area contributed by atoms with Crippen LogP contribution < -0.4 is 5.32 Å². The van der Waals surface area contributed by atoms with Crippen molar-refractivity contribution in [1.82, 2.24) is 4.90 Å². The normalized spacial score (nSPS) is 15.6. The molecule has 6 heteroatoms. The van der Waals surface area contributed by atoms with Crippen LogP contribution in [0.1, 0.15) is 26.9 Å². The lowest BCUT2D eigenvalue weighted by atomic mass is 10.0. The van der Waals surface area contributed by atoms with Crippen LogP contribution in [0, 0.1) is 6.92 Å². The van der Waals surface area contributed by atoms with Crippen LogP contribution in [0.2, 0.25) is 0 Å². The lowest BCUT2D eigenvalue weighted by molar-refractivity contribution is 0.218. The molecular weight excluding hydrogens is 372 g/mol. The first kappa shape index (κ1) is 14.9. The molecule has 2 amide bonds. The standard InChI is InChI=1S/C15H14BrClN2OS/c1-8-5-12(21-14(8)16)13(17)9-3-4-11-10(6-9)7-19(2)15(20)18-11/h3-6,13H,7H2,1-2H3,(H,18,20). The lowest BCUT2D eigenvalue weighted by Gasteiger charge is -2.26. The fourth-order valence-electron chi connectivity index (χ4n) is 2.33. The zero-order chi connectivity index (χ0) is 15.1. The number of carbonyl (C=O) groups excluding carboxylic acids is 1. The molecule has 110 valence electrons. The number of benzene rings is 1. The third-order valence-corrected chi connectivity index (χ3v) is 6.36. The van der Waals surface area contributed by atoms with Gasteiger partial charge in [0.25, 0.3) is 0 Å². The number of urea groups is 1. The minimum Gasteiger partial charge on any atom is -0.323 e. The number of nitrogens with zero attached hydrogens (tertiary/aromatic N) is 1. The van der Waals surface area contributed by atoms with Crippen molar-refractivity contribution in [2.75, 3.05) is 12.4 Å². The molecule has 1 aromatic carbocycles. The minimum absolute atomic E-state index is 0.0736. The van der Waals surface area contributed by atoms with Gasteiger partial charge < -0.3 is 10.2 Å². The molecule has 1 N–H and O–H groups in total. The Morgan fingerprint density at radius 2 is 2.19 bits per heavy atom. The molecule has 1 atom stereocenters. The highest BCUT2D eigenvalue weighted by Crippen LogP contribution is 2.39. The van der Waals surface area contributed by atoms with E-state index in [9.17, 15) is 4.79 Å². The number of hydrogen-bond donors (Lipinski definition) is 1. The quantitative estimate of drug-likeness (QED) is 0.715. The SMILES string of the molecule is Cc1cc(C(Cl)c2ccc3c(c2)CN(C)C(=O)N3)sc1Br. The number of alkyl halides is 1. The number of halogens is 2. The molecular formula is C15H14BrClN2OS. The predicted molar refractivity (Wildman–Crippen MR) is 91.4 cm³/mol. The summed E-state index contributed by atoms with van der Waals surface area (Å²) in [6.07, 6.45) is 0. The Balaban J connectivity index is 1.93. The highest BCUT2D eigenvalue weighted by molar-refractivity contribution is 9.11. The molecule has 0 saturated heterocycles. The van der Waals surface area contributed by atoms with Crippen LogP contribution in [-0.4, -0.2) is 18.0 Å². The van der Waals surface area contributed by atoms with E-state index in [2.05, 4.69) is 40.3 Å². The van der Waals surface area contributed by atoms with Crippen molar-refractivity contribution in [2.24, 2.45) is 0 Å². The Morgan fingerprint density at radius 3 is 2.86 bits per heavy atom. The van der Waals surface area contributed by atoms with Crippen molar-refractivity contribution >= 4 is 50.6 Å². The molecule has 3 rings (SSSR count). The molecule has 0 radical (unpaired) electrons. The predicted octanol–water partition coefficient (Wildman–Crippen LogP) is 5.12. The Hall–Kier alpha value is -1.04. The van der Waals surface area contributed by atoms with Gasteiger partial charge in [-0.25, -0.2) is 4.79 Å². The van der Waals surface area contributed by atoms with E-state index in [1.54, 1.807) is 23.3 Å². The molecule has 3 nitrogen and oxygen atoms in total. The molecule has 0 saturated carbocycles. The zero-order valence-corrected chi connectivity index (χ0v) is 14.8. The molecule has 1 aromatic heterocycles. The van der Waals surface area contributed by atoms with E-state index in [1.807, 2.05) is 12.1 Å². The molecule has 1 aliphatic rings. The van der Waals surface area contributed by atoms with Crippen LogP contribution in [0.25, 0.3) is 0 Å². The summed E-state index contributed by atoms with van der Waals surface area (Å²) in [4.78, 5) is 14.4. The second kappa shape index (κ2) is 5.63. The number of amides is 2. The zero-order valence-electron chi connectivity index (χ0n) is 11.6. The average molecular weight is 386 g/mol. The monoisotopic (exact) mass is 384 g/mol. The minimum atomic E-state index is -0.173. The second-order valence-electron chi connectivity index (χ2n) is 5.17. The van der Waals surface area contributed by atoms with E-state index in [4.69, 9.17) is 11.6 Å². The Kier molecular flexibility index (Phi) is 3.99. The van der Waals surface area contributed by atoms with Crippen molar-refractivity contribution < 1.29 is 4.79 Å². The second-order valence-corrected chi connectivity index (χ2v) is 8.01. The summed E-state index contributed by atoms with van der Waals surface area (Å²) in [5.41, 5.74) is 4.21. The molecule has 0 fully saturated rings. The van der Waals surface area contributed by atoms with E-state index < -0.39 is 0 Å². The Bertz CT molecular complexity index is 696. The summed E-state index contributed by atoms with van der Waals surface area (Å²) in [5, 5.41) is 2.69. The van der Waals surface area contributed by atoms with Gasteiger partial charge in [-0.1, -0.05) is 12.1 Å². The van der Waals surface area contributed by atoms with Gasteiger partial charge in [-0.05, 0) is 51.7 Å². The third kappa shape index (κ3) is 2.82. The van der Waals surface area contributed by atoms with E-state index in [1.165, 1.54) is 5.56 Å². The Morgan fingerprint density at radius 1 is 1.43 bits per heavy atom. The van der Waals surface area contributed by atoms with Gasteiger partial charge in [0.15, 0.2) is 0 Å². The van der Waals surface area contributed by atoms with Gasteiger partial charge in [0.05, 0.1) is 9.16 Å². The maximum Gasteiger partial charge on any atom is 0.321 e. The van der Waals surface area contributed by atoms with Crippen molar-refractivity contribution in [3.63, 3.8) is 0 Å². The van der Waals surface area contributed by atoms with Crippen molar-refractivity contribution in [3.05, 3.63) is 49.6 Å². The number of carbonyl (C=O) groups is 1. The first-order valence-electron chi connectivity index (χ1n) is 6.50. The van der Waals surface area contributed by atoms with Crippen molar-refractivity contribution in [3.8, 4) is 0 Å². The largest absolute Gasteiger partial charge is 0.323 e. The third-order valence-electron chi connectivity index (χ3n) is 3.54. The maximum atomic E-state index is 11.6. The fraction of sp³-hybridized carbons (Fsp3) is 0.267. The molecule has 21 heavy (non-hydrogen) atoms. The van der Waals surface area contributed by atoms with Gasteiger partial charge in [-0.3, -0.25) is 0 Å². The summed E-state index contributed by atoms with van der Waals surface area (Å²) < 4.78 is 1.12. The number of nitrogens with one attached hydrogen (secondary N) is 1. The summed E-state index contributed by atoms with van der Waals surface area (Å²) in [6.45, 7) is 2.66. The Labute approximate surface area is 141 Å². The van der Waals surface area contributed by atoms with Crippen molar-refractivity contribution in [1.29, 1.82) is 0 Å². The number of rotatable bonds is 2. The first-order valence-corrected chi connectivity index (χ1v) is 8.55. The highest BCUT2D eigenvalue weighted by Gasteiger charge is 2.21. The van der Waals surface area contributed by atoms with Gasteiger partial charge in [0.1, 0.15) is 0 Å². The molecule has 1 unspecified atom stereocenters. The molecule has 0 aliphatic carbocycles. The van der Waals surface area contributed by atoms with Gasteiger partial charge in [-0.15, -0.1) is 22.9 Å². The molecule has 2 heterocycles. The highest BCUT2D eigenvalue weighted by atomic mass is 79.9. The van der Waals surface area contributed by atoms with Crippen LogP contribution >= 0.6 is 38.9 Å². The number of fused-ring (bicyclic) bond motifs is 1. The topological polar surface area (TPSA) is 32.3 Å². The summed E-state index contributed by atoms with van der Waals surface area (Å²) in [7, 11) is 1.78. The van der Waals surface area contributed by atoms with E-state index in [0.29, 0.717) is 6.54 Å². The first-order chi connectivity index (χ1) is 9.95. The molecule has 1 aliphatic heterocycles. The summed E-state index contributed by atoms with van der Waals surface area (Å²) >= 11 is 11.8. The van der Waals surface area contributed by atoms with Crippen LogP contribution in [0.5, 0.6) is 0 Å². The van der Waals surface area contributed by atoms with Crippen molar-refractivity contribution in [2.45, 2.75) is 18.8 Å². The number of anilines is 1. The summed E-state index contributed by atoms with van der Waals surface area (Å²) in [5.74, 6) is 0. The smallest absolute Gasteiger partial charge is 0.321 e. The van der Waals surface area contributed by atoms with Gasteiger partial charge in [0, 0.05) is 24.2 Å². The van der Waals surface area contributed by atoms with Gasteiger partial charge in [0.2, 0.25) is 0 Å². The van der Waals surface area contributed by atoms with E-state index >= 15 is 0 Å².